The van der Waals surface area contributed by atoms with Crippen molar-refractivity contribution >= 4 is 0 Å². The third-order valence-corrected chi connectivity index (χ3v) is 3.51. The molecule has 0 heterocycles. The Kier molecular flexibility index (Phi) is 2.02. The van der Waals surface area contributed by atoms with Gasteiger partial charge in [-0.2, -0.15) is 0 Å². The zero-order valence-corrected chi connectivity index (χ0v) is 8.40. The van der Waals surface area contributed by atoms with Crippen LogP contribution in [-0.4, -0.2) is 0 Å². The van der Waals surface area contributed by atoms with Gasteiger partial charge in [0, 0.05) is 0 Å². The second-order valence-corrected chi connectivity index (χ2v) is 5.19. The Hall–Kier alpha value is -0.260. The molecule has 0 aromatic carbocycles. The minimum absolute atomic E-state index is 0.503. The highest BCUT2D eigenvalue weighted by Gasteiger charge is 2.28. The summed E-state index contributed by atoms with van der Waals surface area (Å²) in [7, 11) is 0. The van der Waals surface area contributed by atoms with Crippen molar-refractivity contribution in [2.24, 2.45) is 11.3 Å². The van der Waals surface area contributed by atoms with Crippen molar-refractivity contribution in [2.45, 2.75) is 52.4 Å². The zero-order valence-electron chi connectivity index (χ0n) is 8.40. The molecule has 0 N–H and O–H groups in total. The fourth-order valence-electron chi connectivity index (χ4n) is 2.75. The molecule has 0 aromatic rings. The molecule has 0 nitrogen and oxygen atoms in total. The van der Waals surface area contributed by atoms with Gasteiger partial charge >= 0.3 is 0 Å². The number of hydrogen-bond donors (Lipinski definition) is 0. The van der Waals surface area contributed by atoms with Gasteiger partial charge in [-0.3, -0.25) is 0 Å². The average Bonchev–Trinajstić information content (AvgIpc) is 2.02. The van der Waals surface area contributed by atoms with Crippen LogP contribution in [0.5, 0.6) is 0 Å². The van der Waals surface area contributed by atoms with E-state index in [-0.39, 0.29) is 0 Å². The lowest BCUT2D eigenvalue weighted by Gasteiger charge is -2.36. The van der Waals surface area contributed by atoms with Gasteiger partial charge in [0.1, 0.15) is 0 Å². The minimum Gasteiger partial charge on any atom is -0.0794 e. The molecule has 68 valence electrons. The van der Waals surface area contributed by atoms with Crippen molar-refractivity contribution in [2.75, 3.05) is 0 Å². The summed E-state index contributed by atoms with van der Waals surface area (Å²) in [6, 6.07) is 0. The predicted molar refractivity (Wildman–Crippen MR) is 53.1 cm³/mol. The first-order valence-corrected chi connectivity index (χ1v) is 5.39. The van der Waals surface area contributed by atoms with Crippen LogP contribution in [0.1, 0.15) is 52.4 Å². The first kappa shape index (κ1) is 8.34. The lowest BCUT2D eigenvalue weighted by atomic mass is 9.70. The van der Waals surface area contributed by atoms with E-state index in [0.717, 1.165) is 5.92 Å². The van der Waals surface area contributed by atoms with E-state index >= 15 is 0 Å². The molecule has 0 aromatic heterocycles. The molecular formula is C12H20. The maximum Gasteiger partial charge on any atom is -0.0172 e. The molecule has 1 fully saturated rings. The summed E-state index contributed by atoms with van der Waals surface area (Å²) in [6.07, 6.45) is 11.2. The van der Waals surface area contributed by atoms with Crippen LogP contribution in [0.4, 0.5) is 0 Å². The summed E-state index contributed by atoms with van der Waals surface area (Å²) in [5.74, 6) is 0.978. The first-order valence-electron chi connectivity index (χ1n) is 5.39. The highest BCUT2D eigenvalue weighted by Crippen LogP contribution is 2.42. The Labute approximate surface area is 76.1 Å². The summed E-state index contributed by atoms with van der Waals surface area (Å²) in [6.45, 7) is 4.76. The lowest BCUT2D eigenvalue weighted by Crippen LogP contribution is -2.22. The van der Waals surface area contributed by atoms with Gasteiger partial charge in [0.25, 0.3) is 0 Å². The maximum atomic E-state index is 2.57. The topological polar surface area (TPSA) is 0 Å². The second kappa shape index (κ2) is 2.90. The van der Waals surface area contributed by atoms with Crippen molar-refractivity contribution in [3.8, 4) is 0 Å². The van der Waals surface area contributed by atoms with Crippen molar-refractivity contribution < 1.29 is 0 Å². The summed E-state index contributed by atoms with van der Waals surface area (Å²) >= 11 is 0. The molecule has 2 rings (SSSR count). The largest absolute Gasteiger partial charge is 0.0794 e. The van der Waals surface area contributed by atoms with Crippen LogP contribution in [0.25, 0.3) is 0 Å². The van der Waals surface area contributed by atoms with Crippen LogP contribution in [0.2, 0.25) is 0 Å². The molecule has 1 atom stereocenters. The number of hydrogen-bond acceptors (Lipinski definition) is 0. The van der Waals surface area contributed by atoms with E-state index in [9.17, 15) is 0 Å². The normalized spacial score (nSPS) is 33.8. The van der Waals surface area contributed by atoms with Gasteiger partial charge in [-0.05, 0) is 43.4 Å². The Balaban J connectivity index is 2.17. The monoisotopic (exact) mass is 164 g/mol. The molecule has 1 unspecified atom stereocenters. The third kappa shape index (κ3) is 1.57. The van der Waals surface area contributed by atoms with E-state index in [0.29, 0.717) is 5.41 Å². The Morgan fingerprint density at radius 3 is 2.92 bits per heavy atom. The molecule has 12 heavy (non-hydrogen) atoms. The van der Waals surface area contributed by atoms with Crippen molar-refractivity contribution in [1.82, 2.24) is 0 Å². The second-order valence-electron chi connectivity index (χ2n) is 5.19. The highest BCUT2D eigenvalue weighted by atomic mass is 14.3. The summed E-state index contributed by atoms with van der Waals surface area (Å²) in [5, 5.41) is 0. The maximum absolute atomic E-state index is 2.57. The van der Waals surface area contributed by atoms with Gasteiger partial charge in [0.2, 0.25) is 0 Å². The third-order valence-electron chi connectivity index (χ3n) is 3.51. The van der Waals surface area contributed by atoms with Crippen LogP contribution in [0.3, 0.4) is 0 Å². The summed E-state index contributed by atoms with van der Waals surface area (Å²) in [5.41, 5.74) is 2.29. The molecule has 0 radical (unpaired) electrons. The average molecular weight is 164 g/mol. The van der Waals surface area contributed by atoms with Gasteiger partial charge in [0.05, 0.1) is 0 Å². The van der Waals surface area contributed by atoms with Crippen LogP contribution in [0.15, 0.2) is 11.6 Å². The molecule has 0 amide bonds. The molecule has 0 saturated heterocycles. The number of rotatable bonds is 0. The molecule has 1 saturated carbocycles. The summed E-state index contributed by atoms with van der Waals surface area (Å²) in [4.78, 5) is 0. The highest BCUT2D eigenvalue weighted by molar-refractivity contribution is 5.16. The van der Waals surface area contributed by atoms with Gasteiger partial charge in [-0.1, -0.05) is 31.9 Å². The SMILES string of the molecule is CC1(C)C=C2CCCCC2CC1. The van der Waals surface area contributed by atoms with Crippen LogP contribution < -0.4 is 0 Å². The van der Waals surface area contributed by atoms with Crippen molar-refractivity contribution in [1.29, 1.82) is 0 Å². The predicted octanol–water partition coefficient (Wildman–Crippen LogP) is 3.92. The number of allylic oxidation sites excluding steroid dienone is 2. The van der Waals surface area contributed by atoms with E-state index in [4.69, 9.17) is 0 Å². The molecule has 2 aliphatic carbocycles. The first-order chi connectivity index (χ1) is 5.67. The summed E-state index contributed by atoms with van der Waals surface area (Å²) < 4.78 is 0. The van der Waals surface area contributed by atoms with E-state index in [2.05, 4.69) is 19.9 Å². The van der Waals surface area contributed by atoms with Gasteiger partial charge in [-0.15, -0.1) is 0 Å². The number of fused-ring (bicyclic) bond motifs is 1. The molecule has 0 heteroatoms. The Morgan fingerprint density at radius 1 is 1.25 bits per heavy atom. The molecule has 2 aliphatic rings. The molecular weight excluding hydrogens is 144 g/mol. The van der Waals surface area contributed by atoms with Crippen LogP contribution in [0, 0.1) is 11.3 Å². The van der Waals surface area contributed by atoms with Crippen LogP contribution in [-0.2, 0) is 0 Å². The minimum atomic E-state index is 0.503. The van der Waals surface area contributed by atoms with E-state index in [1.54, 1.807) is 5.57 Å². The van der Waals surface area contributed by atoms with Crippen LogP contribution >= 0.6 is 0 Å². The van der Waals surface area contributed by atoms with Gasteiger partial charge < -0.3 is 0 Å². The quantitative estimate of drug-likeness (QED) is 0.476. The van der Waals surface area contributed by atoms with E-state index < -0.39 is 0 Å². The fourth-order valence-corrected chi connectivity index (χ4v) is 2.75. The Morgan fingerprint density at radius 2 is 2.08 bits per heavy atom. The molecule has 0 bridgehead atoms. The smallest absolute Gasteiger partial charge is 0.0172 e. The molecule has 0 spiro atoms. The van der Waals surface area contributed by atoms with E-state index in [1.807, 2.05) is 0 Å². The lowest BCUT2D eigenvalue weighted by molar-refractivity contribution is 0.307. The zero-order chi connectivity index (χ0) is 8.60. The van der Waals surface area contributed by atoms with Crippen molar-refractivity contribution in [3.05, 3.63) is 11.6 Å². The standard InChI is InChI=1S/C12H20/c1-12(2)8-7-10-5-3-4-6-11(10)9-12/h9-10H,3-8H2,1-2H3. The van der Waals surface area contributed by atoms with Crippen molar-refractivity contribution in [3.63, 3.8) is 0 Å². The van der Waals surface area contributed by atoms with Gasteiger partial charge in [-0.25, -0.2) is 0 Å². The fraction of sp³-hybridized carbons (Fsp3) is 0.833. The van der Waals surface area contributed by atoms with E-state index in [1.165, 1.54) is 38.5 Å². The Bertz CT molecular complexity index is 198. The molecule has 0 aliphatic heterocycles. The van der Waals surface area contributed by atoms with Gasteiger partial charge in [0.15, 0.2) is 0 Å².